The van der Waals surface area contributed by atoms with Gasteiger partial charge in [-0.1, -0.05) is 0 Å². The van der Waals surface area contributed by atoms with Gasteiger partial charge < -0.3 is 19.6 Å². The number of nitrogens with zero attached hydrogens (tertiary/aromatic N) is 5. The molecule has 32 heavy (non-hydrogen) atoms. The molecule has 1 amide bonds. The molecule has 0 saturated carbocycles. The minimum absolute atomic E-state index is 0.113. The second kappa shape index (κ2) is 9.83. The summed E-state index contributed by atoms with van der Waals surface area (Å²) in [6.07, 6.45) is 4.67. The molecule has 2 fully saturated rings. The third-order valence-electron chi connectivity index (χ3n) is 6.30. The number of carbonyl (C=O) groups is 1. The number of carbonyl (C=O) groups excluding carboxylic acids is 1. The average molecular weight is 440 g/mol. The molecular formula is C24H33N5O3. The second-order valence-electron chi connectivity index (χ2n) is 9.00. The number of amides is 1. The molecule has 2 aliphatic rings. The van der Waals surface area contributed by atoms with Crippen LogP contribution in [0.5, 0.6) is 5.75 Å². The Morgan fingerprint density at radius 3 is 2.66 bits per heavy atom. The van der Waals surface area contributed by atoms with Crippen LogP contribution in [0, 0.1) is 6.92 Å². The molecule has 0 radical (unpaired) electrons. The minimum atomic E-state index is -0.970. The van der Waals surface area contributed by atoms with Crippen LogP contribution in [0.3, 0.4) is 0 Å². The lowest BCUT2D eigenvalue weighted by Gasteiger charge is -2.29. The minimum Gasteiger partial charge on any atom is -0.492 e. The summed E-state index contributed by atoms with van der Waals surface area (Å²) in [7, 11) is 1.73. The van der Waals surface area contributed by atoms with Crippen LogP contribution in [-0.2, 0) is 0 Å². The van der Waals surface area contributed by atoms with Gasteiger partial charge in [0.2, 0.25) is 0 Å². The van der Waals surface area contributed by atoms with Crippen molar-refractivity contribution in [3.63, 3.8) is 0 Å². The zero-order valence-corrected chi connectivity index (χ0v) is 19.0. The summed E-state index contributed by atoms with van der Waals surface area (Å²) in [4.78, 5) is 27.4. The van der Waals surface area contributed by atoms with Gasteiger partial charge in [0.25, 0.3) is 5.91 Å². The predicted octanol–water partition coefficient (Wildman–Crippen LogP) is 1.97. The fourth-order valence-corrected chi connectivity index (χ4v) is 4.52. The van der Waals surface area contributed by atoms with E-state index in [1.165, 1.54) is 19.2 Å². The first-order chi connectivity index (χ1) is 15.4. The van der Waals surface area contributed by atoms with Crippen molar-refractivity contribution in [3.8, 4) is 5.75 Å². The Labute approximate surface area is 189 Å². The van der Waals surface area contributed by atoms with Crippen LogP contribution >= 0.6 is 0 Å². The number of aliphatic hydroxyl groups is 1. The van der Waals surface area contributed by atoms with E-state index in [2.05, 4.69) is 14.9 Å². The lowest BCUT2D eigenvalue weighted by atomic mass is 10.0. The molecule has 8 heteroatoms. The molecule has 8 nitrogen and oxygen atoms in total. The van der Waals surface area contributed by atoms with E-state index < -0.39 is 5.60 Å². The van der Waals surface area contributed by atoms with E-state index in [-0.39, 0.29) is 12.5 Å². The largest absolute Gasteiger partial charge is 0.492 e. The average Bonchev–Trinajstić information content (AvgIpc) is 3.44. The van der Waals surface area contributed by atoms with E-state index in [1.54, 1.807) is 24.1 Å². The van der Waals surface area contributed by atoms with Crippen LogP contribution < -0.4 is 9.64 Å². The molecule has 2 aromatic rings. The first-order valence-electron chi connectivity index (χ1n) is 11.4. The van der Waals surface area contributed by atoms with Gasteiger partial charge in [-0.2, -0.15) is 0 Å². The van der Waals surface area contributed by atoms with Crippen LogP contribution in [-0.4, -0.2) is 89.3 Å². The maximum absolute atomic E-state index is 12.9. The summed E-state index contributed by atoms with van der Waals surface area (Å²) in [5, 5.41) is 11.1. The number of anilines is 1. The van der Waals surface area contributed by atoms with E-state index in [0.717, 1.165) is 36.9 Å². The van der Waals surface area contributed by atoms with Crippen molar-refractivity contribution in [2.75, 3.05) is 57.8 Å². The molecule has 1 aromatic heterocycles. The molecule has 1 aromatic carbocycles. The molecule has 0 bridgehead atoms. The maximum Gasteiger partial charge on any atom is 0.253 e. The van der Waals surface area contributed by atoms with Crippen LogP contribution in [0.4, 0.5) is 5.82 Å². The van der Waals surface area contributed by atoms with Gasteiger partial charge in [0.1, 0.15) is 30.1 Å². The molecule has 1 unspecified atom stereocenters. The van der Waals surface area contributed by atoms with Crippen molar-refractivity contribution in [3.05, 3.63) is 47.9 Å². The van der Waals surface area contributed by atoms with Crippen molar-refractivity contribution in [2.45, 2.75) is 31.8 Å². The molecule has 3 heterocycles. The smallest absolute Gasteiger partial charge is 0.253 e. The number of ether oxygens (including phenoxy) is 1. The highest BCUT2D eigenvalue weighted by molar-refractivity contribution is 5.94. The van der Waals surface area contributed by atoms with Crippen molar-refractivity contribution in [1.29, 1.82) is 0 Å². The molecule has 1 atom stereocenters. The number of likely N-dealkylation sites (N-methyl/N-ethyl adjacent to an activating group) is 1. The summed E-state index contributed by atoms with van der Waals surface area (Å²) >= 11 is 0. The fraction of sp³-hybridized carbons (Fsp3) is 0.542. The van der Waals surface area contributed by atoms with Gasteiger partial charge in [0.05, 0.1) is 6.54 Å². The number of aryl methyl sites for hydroxylation is 1. The predicted molar refractivity (Wildman–Crippen MR) is 123 cm³/mol. The molecule has 2 aliphatic heterocycles. The molecule has 172 valence electrons. The Balaban J connectivity index is 1.28. The number of β-amino-alcohol motifs (C(OH)–C–C–N with tert-alkyl or cyclic N) is 1. The third-order valence-corrected chi connectivity index (χ3v) is 6.30. The zero-order valence-electron chi connectivity index (χ0n) is 19.0. The van der Waals surface area contributed by atoms with E-state index in [9.17, 15) is 9.90 Å². The number of rotatable bonds is 8. The fourth-order valence-electron chi connectivity index (χ4n) is 4.52. The lowest BCUT2D eigenvalue weighted by molar-refractivity contribution is 0.0264. The molecule has 2 saturated heterocycles. The first kappa shape index (κ1) is 22.5. The maximum atomic E-state index is 12.9. The van der Waals surface area contributed by atoms with Gasteiger partial charge >= 0.3 is 0 Å². The van der Waals surface area contributed by atoms with Crippen LogP contribution in [0.15, 0.2) is 36.7 Å². The van der Waals surface area contributed by atoms with Crippen LogP contribution in [0.1, 0.15) is 35.3 Å². The van der Waals surface area contributed by atoms with Gasteiger partial charge in [-0.05, 0) is 63.5 Å². The van der Waals surface area contributed by atoms with E-state index in [1.807, 2.05) is 30.0 Å². The van der Waals surface area contributed by atoms with Crippen molar-refractivity contribution in [1.82, 2.24) is 19.8 Å². The summed E-state index contributed by atoms with van der Waals surface area (Å²) in [6.45, 7) is 7.22. The Hall–Kier alpha value is -2.71. The Bertz CT molecular complexity index is 916. The van der Waals surface area contributed by atoms with E-state index in [4.69, 9.17) is 4.74 Å². The Morgan fingerprint density at radius 2 is 1.94 bits per heavy atom. The van der Waals surface area contributed by atoms with Gasteiger partial charge in [-0.15, -0.1) is 0 Å². The van der Waals surface area contributed by atoms with Gasteiger partial charge in [-0.25, -0.2) is 9.97 Å². The van der Waals surface area contributed by atoms with Crippen LogP contribution in [0.2, 0.25) is 0 Å². The molecule has 0 aliphatic carbocycles. The van der Waals surface area contributed by atoms with Gasteiger partial charge in [0.15, 0.2) is 0 Å². The molecule has 0 spiro atoms. The normalized spacial score (nSPS) is 21.2. The number of aromatic nitrogens is 2. The summed E-state index contributed by atoms with van der Waals surface area (Å²) < 4.78 is 5.83. The monoisotopic (exact) mass is 439 g/mol. The van der Waals surface area contributed by atoms with E-state index in [0.29, 0.717) is 31.7 Å². The second-order valence-corrected chi connectivity index (χ2v) is 9.00. The standard InChI is InChI=1S/C24H33N5O3/c1-19-15-22(26-18-25-19)29-12-9-24(31,17-29)16-27(2)23(30)20-5-7-21(8-6-20)32-14-13-28-10-3-4-11-28/h5-8,15,18,31H,3-4,9-14,16-17H2,1-2H3. The highest BCUT2D eigenvalue weighted by Gasteiger charge is 2.38. The van der Waals surface area contributed by atoms with E-state index >= 15 is 0 Å². The van der Waals surface area contributed by atoms with Crippen LogP contribution in [0.25, 0.3) is 0 Å². The first-order valence-corrected chi connectivity index (χ1v) is 11.4. The third kappa shape index (κ3) is 5.55. The summed E-state index contributed by atoms with van der Waals surface area (Å²) in [5.74, 6) is 1.47. The van der Waals surface area contributed by atoms with Crippen molar-refractivity contribution in [2.24, 2.45) is 0 Å². The molecule has 4 rings (SSSR count). The number of benzene rings is 1. The SMILES string of the molecule is Cc1cc(N2CCC(O)(CN(C)C(=O)c3ccc(OCCN4CCCC4)cc3)C2)ncn1. The lowest BCUT2D eigenvalue weighted by Crippen LogP contribution is -2.45. The molecular weight excluding hydrogens is 406 g/mol. The Kier molecular flexibility index (Phi) is 6.91. The topological polar surface area (TPSA) is 82.0 Å². The van der Waals surface area contributed by atoms with Gasteiger partial charge in [-0.3, -0.25) is 9.69 Å². The highest BCUT2D eigenvalue weighted by atomic mass is 16.5. The number of likely N-dealkylation sites (tertiary alicyclic amines) is 1. The zero-order chi connectivity index (χ0) is 22.6. The Morgan fingerprint density at radius 1 is 1.19 bits per heavy atom. The summed E-state index contributed by atoms with van der Waals surface area (Å²) in [5.41, 5.74) is 0.507. The highest BCUT2D eigenvalue weighted by Crippen LogP contribution is 2.27. The van der Waals surface area contributed by atoms with Crippen molar-refractivity contribution < 1.29 is 14.6 Å². The van der Waals surface area contributed by atoms with Crippen molar-refractivity contribution >= 4 is 11.7 Å². The molecule has 1 N–H and O–H groups in total. The summed E-state index contributed by atoms with van der Waals surface area (Å²) in [6, 6.07) is 9.18. The quantitative estimate of drug-likeness (QED) is 0.673. The number of hydrogen-bond donors (Lipinski definition) is 1. The number of hydrogen-bond acceptors (Lipinski definition) is 7. The van der Waals surface area contributed by atoms with Gasteiger partial charge in [0, 0.05) is 44.0 Å².